The van der Waals surface area contributed by atoms with E-state index in [4.69, 9.17) is 4.99 Å². The summed E-state index contributed by atoms with van der Waals surface area (Å²) in [4.78, 5) is 36.3. The molecule has 1 aliphatic carbocycles. The summed E-state index contributed by atoms with van der Waals surface area (Å²) in [7, 11) is 0. The number of hydrogen-bond donors (Lipinski definition) is 0. The van der Waals surface area contributed by atoms with E-state index in [1.807, 2.05) is 60.7 Å². The molecule has 4 nitrogen and oxygen atoms in total. The van der Waals surface area contributed by atoms with Crippen LogP contribution in [-0.4, -0.2) is 17.2 Å². The molecule has 0 bridgehead atoms. The highest BCUT2D eigenvalue weighted by atomic mass is 16.1. The summed E-state index contributed by atoms with van der Waals surface area (Å²) >= 11 is 0. The molecule has 224 valence electrons. The van der Waals surface area contributed by atoms with Gasteiger partial charge in [-0.05, 0) is 47.7 Å². The summed E-state index contributed by atoms with van der Waals surface area (Å²) < 4.78 is 0. The summed E-state index contributed by atoms with van der Waals surface area (Å²) in [5.41, 5.74) is 5.21. The zero-order valence-electron chi connectivity index (χ0n) is 25.6. The zero-order valence-corrected chi connectivity index (χ0v) is 25.6. The van der Waals surface area contributed by atoms with Crippen molar-refractivity contribution in [1.82, 2.24) is 0 Å². The number of ketones is 2. The molecule has 2 heterocycles. The van der Waals surface area contributed by atoms with Crippen LogP contribution in [0.3, 0.4) is 0 Å². The highest BCUT2D eigenvalue weighted by Crippen LogP contribution is 2.55. The van der Waals surface area contributed by atoms with Crippen LogP contribution in [0.5, 0.6) is 0 Å². The predicted molar refractivity (Wildman–Crippen MR) is 183 cm³/mol. The average Bonchev–Trinajstić information content (AvgIpc) is 3.45. The Hall–Kier alpha value is -5.35. The van der Waals surface area contributed by atoms with E-state index < -0.39 is 5.66 Å². The molecule has 1 saturated carbocycles. The topological polar surface area (TPSA) is 49.7 Å². The molecule has 4 heteroatoms. The number of nitrogens with zero attached hydrogens (tertiary/aromatic N) is 2. The van der Waals surface area contributed by atoms with E-state index in [0.717, 1.165) is 41.6 Å². The Labute approximate surface area is 269 Å². The molecule has 0 saturated heterocycles. The maximum Gasteiger partial charge on any atom is 0.197 e. The lowest BCUT2D eigenvalue weighted by atomic mass is 9.66. The first kappa shape index (κ1) is 28.1. The molecular weight excluding hydrogens is 564 g/mol. The minimum Gasteiger partial charge on any atom is -0.314 e. The number of benzene rings is 5. The van der Waals surface area contributed by atoms with E-state index >= 15 is 0 Å². The third-order valence-corrected chi connectivity index (χ3v) is 9.90. The Morgan fingerprint density at radius 1 is 0.674 bits per heavy atom. The van der Waals surface area contributed by atoms with Gasteiger partial charge in [0.05, 0.1) is 16.6 Å². The molecule has 0 unspecified atom stereocenters. The van der Waals surface area contributed by atoms with Gasteiger partial charge < -0.3 is 4.90 Å². The number of hydrogen-bond acceptors (Lipinski definition) is 4. The van der Waals surface area contributed by atoms with E-state index in [1.165, 1.54) is 12.0 Å². The molecule has 2 aliphatic heterocycles. The zero-order chi connectivity index (χ0) is 31.1. The van der Waals surface area contributed by atoms with Crippen LogP contribution in [0.1, 0.15) is 63.4 Å². The molecule has 3 aliphatic rings. The van der Waals surface area contributed by atoms with Gasteiger partial charge >= 0.3 is 0 Å². The van der Waals surface area contributed by atoms with Gasteiger partial charge in [0.15, 0.2) is 11.6 Å². The Balaban J connectivity index is 1.37. The van der Waals surface area contributed by atoms with Gasteiger partial charge in [-0.2, -0.15) is 0 Å². The normalized spacial score (nSPS) is 21.2. The lowest BCUT2D eigenvalue weighted by Crippen LogP contribution is -2.55. The molecule has 0 amide bonds. The van der Waals surface area contributed by atoms with Crippen molar-refractivity contribution in [2.45, 2.75) is 37.3 Å². The number of anilines is 1. The van der Waals surface area contributed by atoms with Crippen molar-refractivity contribution >= 4 is 28.5 Å². The number of rotatable bonds is 6. The lowest BCUT2D eigenvalue weighted by molar-refractivity contribution is 0.0997. The molecule has 1 spiro atoms. The molecule has 5 aromatic carbocycles. The van der Waals surface area contributed by atoms with Gasteiger partial charge in [-0.15, -0.1) is 0 Å². The Kier molecular flexibility index (Phi) is 7.06. The number of carbonyl (C=O) groups is 2. The van der Waals surface area contributed by atoms with Gasteiger partial charge in [-0.25, -0.2) is 0 Å². The van der Waals surface area contributed by atoms with E-state index in [9.17, 15) is 9.59 Å². The first-order valence-electron chi connectivity index (χ1n) is 16.2. The number of fused-ring (bicyclic) bond motifs is 2. The highest BCUT2D eigenvalue weighted by Gasteiger charge is 2.55. The van der Waals surface area contributed by atoms with Crippen LogP contribution in [0, 0.1) is 5.92 Å². The molecule has 8 rings (SSSR count). The van der Waals surface area contributed by atoms with Crippen molar-refractivity contribution in [2.75, 3.05) is 4.90 Å². The van der Waals surface area contributed by atoms with Crippen LogP contribution in [-0.2, 0) is 0 Å². The van der Waals surface area contributed by atoms with Gasteiger partial charge in [0.1, 0.15) is 5.66 Å². The van der Waals surface area contributed by atoms with Gasteiger partial charge in [0.2, 0.25) is 0 Å². The quantitative estimate of drug-likeness (QED) is 0.148. The van der Waals surface area contributed by atoms with E-state index in [2.05, 4.69) is 65.6 Å². The van der Waals surface area contributed by atoms with E-state index in [1.54, 1.807) is 24.3 Å². The first-order valence-corrected chi connectivity index (χ1v) is 16.2. The second kappa shape index (κ2) is 11.5. The van der Waals surface area contributed by atoms with E-state index in [-0.39, 0.29) is 29.0 Å². The van der Waals surface area contributed by atoms with Gasteiger partial charge in [-0.1, -0.05) is 140 Å². The Bertz CT molecular complexity index is 2040. The second-order valence-electron chi connectivity index (χ2n) is 12.5. The fraction of sp³-hybridized carbons (Fsp3) is 0.167. The third kappa shape index (κ3) is 4.64. The summed E-state index contributed by atoms with van der Waals surface area (Å²) in [6.45, 7) is 0. The SMILES string of the molecule is O=C(C(C(=O)c1ccccc1)=c1ccc2c(c1)N1C(c3ccccc3)=C[C@@H](c3ccccc3)[C@H]3CCCC[C@@]31N=2)c1ccccc1. The fourth-order valence-electron chi connectivity index (χ4n) is 7.84. The molecule has 5 aromatic rings. The van der Waals surface area contributed by atoms with Crippen LogP contribution in [0.15, 0.2) is 151 Å². The summed E-state index contributed by atoms with van der Waals surface area (Å²) in [6, 6.07) is 45.5. The molecule has 0 radical (unpaired) electrons. The average molecular weight is 599 g/mol. The fourth-order valence-corrected chi connectivity index (χ4v) is 7.84. The molecule has 0 N–H and O–H groups in total. The summed E-state index contributed by atoms with van der Waals surface area (Å²) in [5.74, 6) is -0.0633. The van der Waals surface area contributed by atoms with Crippen molar-refractivity contribution in [3.05, 3.63) is 178 Å². The third-order valence-electron chi connectivity index (χ3n) is 9.90. The van der Waals surface area contributed by atoms with Crippen molar-refractivity contribution in [3.8, 4) is 0 Å². The van der Waals surface area contributed by atoms with Crippen LogP contribution >= 0.6 is 0 Å². The van der Waals surface area contributed by atoms with Crippen molar-refractivity contribution in [3.63, 3.8) is 0 Å². The minimum atomic E-state index is -0.452. The number of allylic oxidation sites excluding steroid dienone is 1. The maximum absolute atomic E-state index is 14.1. The van der Waals surface area contributed by atoms with Gasteiger partial charge in [0, 0.05) is 28.7 Å². The minimum absolute atomic E-state index is 0.172. The number of Topliss-reactive ketones (excluding diaryl/α,β-unsaturated/α-hetero) is 2. The molecule has 3 atom stereocenters. The smallest absolute Gasteiger partial charge is 0.197 e. The lowest BCUT2D eigenvalue weighted by Gasteiger charge is -2.53. The number of carbonyl (C=O) groups excluding carboxylic acids is 2. The monoisotopic (exact) mass is 598 g/mol. The highest BCUT2D eigenvalue weighted by molar-refractivity contribution is 6.49. The second-order valence-corrected chi connectivity index (χ2v) is 12.5. The molecule has 1 fully saturated rings. The van der Waals surface area contributed by atoms with Crippen LogP contribution in [0.4, 0.5) is 5.69 Å². The van der Waals surface area contributed by atoms with Crippen LogP contribution < -0.4 is 15.5 Å². The Morgan fingerprint density at radius 2 is 1.26 bits per heavy atom. The predicted octanol–water partition coefficient (Wildman–Crippen LogP) is 7.77. The molecule has 46 heavy (non-hydrogen) atoms. The molecule has 0 aromatic heterocycles. The summed E-state index contributed by atoms with van der Waals surface area (Å²) in [5, 5.41) is 1.52. The van der Waals surface area contributed by atoms with Crippen LogP contribution in [0.2, 0.25) is 0 Å². The largest absolute Gasteiger partial charge is 0.314 e. The molecular formula is C42H34N2O2. The first-order chi connectivity index (χ1) is 22.6. The van der Waals surface area contributed by atoms with Crippen molar-refractivity contribution in [2.24, 2.45) is 10.9 Å². The van der Waals surface area contributed by atoms with E-state index in [0.29, 0.717) is 16.3 Å². The summed E-state index contributed by atoms with van der Waals surface area (Å²) in [6.07, 6.45) is 6.72. The Morgan fingerprint density at radius 3 is 1.89 bits per heavy atom. The maximum atomic E-state index is 14.1. The standard InChI is InChI=1S/C42H34N2O2/c45-40(31-19-9-3-10-20-31)39(41(46)32-21-11-4-12-22-32)33-24-25-36-38(27-33)44-37(30-17-7-2-8-18-30)28-34(29-15-5-1-6-16-29)35-23-13-14-26-42(35,44)43-36/h1-12,15-22,24-25,27-28,34-35H,13-14,23,26H2/t34-,35+,42-/m0/s1. The van der Waals surface area contributed by atoms with Crippen LogP contribution in [0.25, 0.3) is 11.3 Å². The van der Waals surface area contributed by atoms with Gasteiger partial charge in [-0.3, -0.25) is 14.6 Å². The van der Waals surface area contributed by atoms with Gasteiger partial charge in [0.25, 0.3) is 0 Å². The van der Waals surface area contributed by atoms with Crippen molar-refractivity contribution < 1.29 is 9.59 Å². The van der Waals surface area contributed by atoms with Crippen molar-refractivity contribution in [1.29, 1.82) is 0 Å².